The molecule has 3 rings (SSSR count). The summed E-state index contributed by atoms with van der Waals surface area (Å²) >= 11 is 0. The van der Waals surface area contributed by atoms with Crippen molar-refractivity contribution in [3.63, 3.8) is 0 Å². The van der Waals surface area contributed by atoms with E-state index in [-0.39, 0.29) is 24.4 Å². The smallest absolute Gasteiger partial charge is 0.271 e. The minimum atomic E-state index is -0.871. The highest BCUT2D eigenvalue weighted by atomic mass is 16.3. The fourth-order valence-corrected chi connectivity index (χ4v) is 3.55. The first-order valence-corrected chi connectivity index (χ1v) is 8.81. The van der Waals surface area contributed by atoms with Crippen LogP contribution < -0.4 is 10.9 Å². The molecule has 25 heavy (non-hydrogen) atoms. The number of carbonyl (C=O) groups excluding carboxylic acids is 1. The molecule has 1 heterocycles. The van der Waals surface area contributed by atoms with Crippen LogP contribution in [0.3, 0.4) is 0 Å². The fraction of sp³-hybridized carbons (Fsp3) is 0.474. The van der Waals surface area contributed by atoms with Gasteiger partial charge in [-0.3, -0.25) is 14.3 Å². The monoisotopic (exact) mass is 343 g/mol. The third-order valence-electron chi connectivity index (χ3n) is 4.96. The third kappa shape index (κ3) is 4.02. The van der Waals surface area contributed by atoms with Crippen molar-refractivity contribution in [3.8, 4) is 5.69 Å². The number of nitrogens with zero attached hydrogens (tertiary/aromatic N) is 2. The summed E-state index contributed by atoms with van der Waals surface area (Å²) in [6, 6.07) is 10.9. The molecule has 1 aliphatic rings. The van der Waals surface area contributed by atoms with E-state index in [0.29, 0.717) is 12.8 Å². The van der Waals surface area contributed by atoms with Gasteiger partial charge in [0.25, 0.3) is 5.56 Å². The van der Waals surface area contributed by atoms with Gasteiger partial charge in [-0.05, 0) is 25.0 Å². The normalized spacial score (nSPS) is 16.6. The maximum atomic E-state index is 12.3. The highest BCUT2D eigenvalue weighted by Gasteiger charge is 2.31. The Morgan fingerprint density at radius 3 is 2.56 bits per heavy atom. The third-order valence-corrected chi connectivity index (χ3v) is 4.96. The zero-order valence-corrected chi connectivity index (χ0v) is 14.6. The molecule has 0 radical (unpaired) electrons. The Bertz CT molecular complexity index is 786. The van der Waals surface area contributed by atoms with Crippen LogP contribution in [-0.2, 0) is 18.4 Å². The van der Waals surface area contributed by atoms with Gasteiger partial charge in [-0.15, -0.1) is 0 Å². The topological polar surface area (TPSA) is 76.3 Å². The number of benzene rings is 1. The molecule has 0 aliphatic heterocycles. The minimum absolute atomic E-state index is 0.125. The minimum Gasteiger partial charge on any atom is -0.389 e. The molecule has 0 saturated heterocycles. The molecule has 1 fully saturated rings. The number of aromatic nitrogens is 2. The molecule has 1 aromatic carbocycles. The molecule has 6 heteroatoms. The molecule has 0 bridgehead atoms. The van der Waals surface area contributed by atoms with E-state index in [2.05, 4.69) is 5.32 Å². The van der Waals surface area contributed by atoms with E-state index in [1.54, 1.807) is 16.4 Å². The second-order valence-corrected chi connectivity index (χ2v) is 6.88. The van der Waals surface area contributed by atoms with E-state index < -0.39 is 5.60 Å². The zero-order chi connectivity index (χ0) is 17.9. The van der Waals surface area contributed by atoms with Crippen molar-refractivity contribution >= 4 is 5.91 Å². The quantitative estimate of drug-likeness (QED) is 0.870. The van der Waals surface area contributed by atoms with Crippen molar-refractivity contribution in [1.82, 2.24) is 14.7 Å². The number of aliphatic hydroxyl groups is 1. The lowest BCUT2D eigenvalue weighted by Gasteiger charge is -2.31. The number of hydrogen-bond acceptors (Lipinski definition) is 3. The van der Waals surface area contributed by atoms with Gasteiger partial charge in [0.15, 0.2) is 0 Å². The van der Waals surface area contributed by atoms with Gasteiger partial charge < -0.3 is 10.4 Å². The van der Waals surface area contributed by atoms with Crippen molar-refractivity contribution < 1.29 is 9.90 Å². The molecular weight excluding hydrogens is 318 g/mol. The van der Waals surface area contributed by atoms with Gasteiger partial charge in [0, 0.05) is 13.1 Å². The Hall–Kier alpha value is -2.34. The molecule has 6 nitrogen and oxygen atoms in total. The van der Waals surface area contributed by atoms with E-state index in [1.165, 1.54) is 6.07 Å². The van der Waals surface area contributed by atoms with Gasteiger partial charge in [-0.25, -0.2) is 4.68 Å². The lowest BCUT2D eigenvalue weighted by molar-refractivity contribution is -0.127. The Kier molecular flexibility index (Phi) is 5.08. The summed E-state index contributed by atoms with van der Waals surface area (Å²) in [7, 11) is 1.80. The van der Waals surface area contributed by atoms with Gasteiger partial charge in [-0.1, -0.05) is 37.5 Å². The lowest BCUT2D eigenvalue weighted by atomic mass is 9.82. The first-order valence-electron chi connectivity index (χ1n) is 8.81. The van der Waals surface area contributed by atoms with Gasteiger partial charge >= 0.3 is 0 Å². The first kappa shape index (κ1) is 17.5. The van der Waals surface area contributed by atoms with Crippen molar-refractivity contribution in [2.45, 2.75) is 50.7 Å². The predicted octanol–water partition coefficient (Wildman–Crippen LogP) is 1.88. The predicted molar refractivity (Wildman–Crippen MR) is 95.5 cm³/mol. The molecule has 1 aliphatic carbocycles. The zero-order valence-electron chi connectivity index (χ0n) is 14.6. The summed E-state index contributed by atoms with van der Waals surface area (Å²) in [6.07, 6.45) is 4.56. The average molecular weight is 343 g/mol. The van der Waals surface area contributed by atoms with Crippen LogP contribution in [0, 0.1) is 0 Å². The Morgan fingerprint density at radius 1 is 1.20 bits per heavy atom. The van der Waals surface area contributed by atoms with Crippen molar-refractivity contribution in [1.29, 1.82) is 0 Å². The summed E-state index contributed by atoms with van der Waals surface area (Å²) in [5.74, 6) is -0.177. The average Bonchev–Trinajstić information content (AvgIpc) is 2.88. The summed E-state index contributed by atoms with van der Waals surface area (Å²) in [5, 5.41) is 13.3. The highest BCUT2D eigenvalue weighted by Crippen LogP contribution is 2.30. The largest absolute Gasteiger partial charge is 0.389 e. The Morgan fingerprint density at radius 2 is 1.88 bits per heavy atom. The van der Waals surface area contributed by atoms with Crippen LogP contribution >= 0.6 is 0 Å². The van der Waals surface area contributed by atoms with Gasteiger partial charge in [-0.2, -0.15) is 0 Å². The van der Waals surface area contributed by atoms with Gasteiger partial charge in [0.05, 0.1) is 29.9 Å². The molecule has 1 saturated carbocycles. The van der Waals surface area contributed by atoms with Crippen LogP contribution in [-0.4, -0.2) is 26.0 Å². The van der Waals surface area contributed by atoms with Crippen LogP contribution in [0.2, 0.25) is 0 Å². The summed E-state index contributed by atoms with van der Waals surface area (Å²) < 4.78 is 3.31. The van der Waals surface area contributed by atoms with E-state index in [0.717, 1.165) is 30.6 Å². The number of carbonyl (C=O) groups is 1. The molecule has 0 atom stereocenters. The second kappa shape index (κ2) is 7.27. The summed E-state index contributed by atoms with van der Waals surface area (Å²) in [6.45, 7) is 0.264. The van der Waals surface area contributed by atoms with Crippen LogP contribution in [0.5, 0.6) is 0 Å². The standard InChI is InChI=1S/C19H25N3O3/c1-21-16(12-18(24)22(21)15-8-4-2-5-9-15)14-20-17(23)13-19(25)10-6-3-7-11-19/h2,4-5,8-9,12,25H,3,6-7,10-11,13-14H2,1H3,(H,20,23). The van der Waals surface area contributed by atoms with Gasteiger partial charge in [0.2, 0.25) is 5.91 Å². The van der Waals surface area contributed by atoms with Crippen molar-refractivity contribution in [2.24, 2.45) is 7.05 Å². The number of hydrogen-bond donors (Lipinski definition) is 2. The fourth-order valence-electron chi connectivity index (χ4n) is 3.55. The molecule has 0 spiro atoms. The van der Waals surface area contributed by atoms with E-state index in [1.807, 2.05) is 30.3 Å². The summed E-state index contributed by atoms with van der Waals surface area (Å²) in [4.78, 5) is 24.5. The van der Waals surface area contributed by atoms with E-state index in [4.69, 9.17) is 0 Å². The van der Waals surface area contributed by atoms with Crippen molar-refractivity contribution in [2.75, 3.05) is 0 Å². The molecule has 1 aromatic heterocycles. The first-order chi connectivity index (χ1) is 12.0. The molecular formula is C19H25N3O3. The Balaban J connectivity index is 1.66. The van der Waals surface area contributed by atoms with Crippen LogP contribution in [0.1, 0.15) is 44.2 Å². The molecule has 134 valence electrons. The maximum absolute atomic E-state index is 12.3. The van der Waals surface area contributed by atoms with Crippen molar-refractivity contribution in [3.05, 3.63) is 52.4 Å². The molecule has 1 amide bonds. The van der Waals surface area contributed by atoms with Crippen LogP contribution in [0.25, 0.3) is 5.69 Å². The molecule has 0 unspecified atom stereocenters. The Labute approximate surface area is 147 Å². The van der Waals surface area contributed by atoms with Crippen LogP contribution in [0.15, 0.2) is 41.2 Å². The number of rotatable bonds is 5. The van der Waals surface area contributed by atoms with Crippen LogP contribution in [0.4, 0.5) is 0 Å². The van der Waals surface area contributed by atoms with E-state index >= 15 is 0 Å². The summed E-state index contributed by atoms with van der Waals surface area (Å²) in [5.41, 5.74) is 0.496. The SMILES string of the molecule is Cn1c(CNC(=O)CC2(O)CCCCC2)cc(=O)n1-c1ccccc1. The molecule has 2 aromatic rings. The number of para-hydroxylation sites is 1. The maximum Gasteiger partial charge on any atom is 0.271 e. The van der Waals surface area contributed by atoms with Gasteiger partial charge in [0.1, 0.15) is 0 Å². The second-order valence-electron chi connectivity index (χ2n) is 6.88. The molecule has 2 N–H and O–H groups in total. The number of amides is 1. The van der Waals surface area contributed by atoms with E-state index in [9.17, 15) is 14.7 Å². The highest BCUT2D eigenvalue weighted by molar-refractivity contribution is 5.77. The number of nitrogens with one attached hydrogen (secondary N) is 1. The lowest BCUT2D eigenvalue weighted by Crippen LogP contribution is -2.38.